The number of halogens is 1. The van der Waals surface area contributed by atoms with Crippen molar-refractivity contribution in [2.24, 2.45) is 0 Å². The summed E-state index contributed by atoms with van der Waals surface area (Å²) in [6.07, 6.45) is 1.91. The zero-order valence-electron chi connectivity index (χ0n) is 9.32. The number of hydrogen-bond acceptors (Lipinski definition) is 4. The van der Waals surface area contributed by atoms with Crippen LogP contribution in [-0.4, -0.2) is 28.2 Å². The van der Waals surface area contributed by atoms with Gasteiger partial charge in [0.15, 0.2) is 11.5 Å². The van der Waals surface area contributed by atoms with Crippen molar-refractivity contribution in [3.05, 3.63) is 22.7 Å². The Balaban J connectivity index is 3.27. The van der Waals surface area contributed by atoms with Crippen LogP contribution in [0.5, 0.6) is 0 Å². The van der Waals surface area contributed by atoms with Gasteiger partial charge in [-0.1, -0.05) is 18.5 Å². The summed E-state index contributed by atoms with van der Waals surface area (Å²) in [5.41, 5.74) is -0.905. The summed E-state index contributed by atoms with van der Waals surface area (Å²) in [6, 6.07) is 0. The van der Waals surface area contributed by atoms with Crippen molar-refractivity contribution in [2.45, 2.75) is 25.9 Å². The SMILES string of the molecule is CCC(C)(OC)c1ncc(Cl)c(C(=O)O)n1. The number of nitrogens with zero attached hydrogens (tertiary/aromatic N) is 2. The number of aromatic carboxylic acids is 1. The van der Waals surface area contributed by atoms with E-state index in [9.17, 15) is 4.79 Å². The number of carboxylic acids is 1. The fraction of sp³-hybridized carbons (Fsp3) is 0.500. The van der Waals surface area contributed by atoms with Gasteiger partial charge in [0.2, 0.25) is 0 Å². The van der Waals surface area contributed by atoms with Crippen LogP contribution in [0.1, 0.15) is 36.6 Å². The lowest BCUT2D eigenvalue weighted by atomic mass is 10.0. The number of aromatic nitrogens is 2. The molecule has 0 aliphatic heterocycles. The first-order chi connectivity index (χ1) is 7.44. The first-order valence-corrected chi connectivity index (χ1v) is 5.14. The third-order valence-corrected chi connectivity index (χ3v) is 2.82. The van der Waals surface area contributed by atoms with Gasteiger partial charge in [-0.15, -0.1) is 0 Å². The van der Waals surface area contributed by atoms with E-state index in [1.807, 2.05) is 6.92 Å². The van der Waals surface area contributed by atoms with Crippen molar-refractivity contribution < 1.29 is 14.6 Å². The summed E-state index contributed by atoms with van der Waals surface area (Å²) >= 11 is 5.68. The van der Waals surface area contributed by atoms with E-state index >= 15 is 0 Å². The Labute approximate surface area is 98.4 Å². The maximum atomic E-state index is 10.9. The Bertz CT molecular complexity index is 405. The van der Waals surface area contributed by atoms with Gasteiger partial charge in [0.25, 0.3) is 0 Å². The number of rotatable bonds is 4. The van der Waals surface area contributed by atoms with Gasteiger partial charge < -0.3 is 9.84 Å². The van der Waals surface area contributed by atoms with Crippen molar-refractivity contribution in [2.75, 3.05) is 7.11 Å². The van der Waals surface area contributed by atoms with E-state index in [-0.39, 0.29) is 10.7 Å². The van der Waals surface area contributed by atoms with Gasteiger partial charge in [-0.25, -0.2) is 14.8 Å². The van der Waals surface area contributed by atoms with E-state index in [0.29, 0.717) is 12.2 Å². The van der Waals surface area contributed by atoms with Gasteiger partial charge in [-0.05, 0) is 13.3 Å². The summed E-state index contributed by atoms with van der Waals surface area (Å²) in [5.74, 6) is -0.859. The minimum absolute atomic E-state index is 0.0193. The topological polar surface area (TPSA) is 72.3 Å². The highest BCUT2D eigenvalue weighted by Gasteiger charge is 2.29. The molecule has 0 aliphatic carbocycles. The van der Waals surface area contributed by atoms with Crippen LogP contribution >= 0.6 is 11.6 Å². The van der Waals surface area contributed by atoms with Crippen LogP contribution in [0.2, 0.25) is 5.02 Å². The zero-order chi connectivity index (χ0) is 12.3. The molecule has 88 valence electrons. The minimum atomic E-state index is -1.18. The molecule has 1 unspecified atom stereocenters. The van der Waals surface area contributed by atoms with Gasteiger partial charge in [-0.2, -0.15) is 0 Å². The maximum absolute atomic E-state index is 10.9. The smallest absolute Gasteiger partial charge is 0.356 e. The Morgan fingerprint density at radius 3 is 2.75 bits per heavy atom. The van der Waals surface area contributed by atoms with Crippen molar-refractivity contribution in [3.8, 4) is 0 Å². The molecule has 1 aromatic heterocycles. The van der Waals surface area contributed by atoms with E-state index in [1.54, 1.807) is 6.92 Å². The molecule has 5 nitrogen and oxygen atoms in total. The standard InChI is InChI=1S/C10H13ClN2O3/c1-4-10(2,16-3)9-12-5-6(11)7(13-9)8(14)15/h5H,4H2,1-3H3,(H,14,15). The monoisotopic (exact) mass is 244 g/mol. The maximum Gasteiger partial charge on any atom is 0.356 e. The fourth-order valence-electron chi connectivity index (χ4n) is 1.17. The fourth-order valence-corrected chi connectivity index (χ4v) is 1.34. The number of ether oxygens (including phenoxy) is 1. The normalized spacial score (nSPS) is 14.5. The van der Waals surface area contributed by atoms with Crippen LogP contribution in [0.3, 0.4) is 0 Å². The van der Waals surface area contributed by atoms with Crippen molar-refractivity contribution in [1.29, 1.82) is 0 Å². The predicted octanol–water partition coefficient (Wildman–Crippen LogP) is 2.10. The van der Waals surface area contributed by atoms with Gasteiger partial charge in [-0.3, -0.25) is 0 Å². The van der Waals surface area contributed by atoms with Gasteiger partial charge >= 0.3 is 5.97 Å². The van der Waals surface area contributed by atoms with Crippen LogP contribution in [0.25, 0.3) is 0 Å². The molecule has 0 spiro atoms. The molecule has 0 saturated heterocycles. The molecule has 0 amide bonds. The average Bonchev–Trinajstić information content (AvgIpc) is 2.28. The summed E-state index contributed by atoms with van der Waals surface area (Å²) in [7, 11) is 1.53. The largest absolute Gasteiger partial charge is 0.476 e. The molecule has 1 rings (SSSR count). The zero-order valence-corrected chi connectivity index (χ0v) is 10.1. The molecule has 0 aliphatic rings. The van der Waals surface area contributed by atoms with Crippen molar-refractivity contribution >= 4 is 17.6 Å². The molecular formula is C10H13ClN2O3. The lowest BCUT2D eigenvalue weighted by Crippen LogP contribution is -2.27. The van der Waals surface area contributed by atoms with Crippen molar-refractivity contribution in [3.63, 3.8) is 0 Å². The van der Waals surface area contributed by atoms with E-state index in [0.717, 1.165) is 0 Å². The van der Waals surface area contributed by atoms with E-state index < -0.39 is 11.6 Å². The average molecular weight is 245 g/mol. The molecule has 0 bridgehead atoms. The summed E-state index contributed by atoms with van der Waals surface area (Å²) in [4.78, 5) is 18.8. The van der Waals surface area contributed by atoms with Crippen LogP contribution in [-0.2, 0) is 10.3 Å². The minimum Gasteiger partial charge on any atom is -0.476 e. The Morgan fingerprint density at radius 1 is 1.69 bits per heavy atom. The van der Waals surface area contributed by atoms with Crippen LogP contribution in [0, 0.1) is 0 Å². The molecule has 0 aromatic carbocycles. The first-order valence-electron chi connectivity index (χ1n) is 4.76. The van der Waals surface area contributed by atoms with Gasteiger partial charge in [0.05, 0.1) is 11.2 Å². The van der Waals surface area contributed by atoms with E-state index in [2.05, 4.69) is 9.97 Å². The molecule has 0 fully saturated rings. The summed E-state index contributed by atoms with van der Waals surface area (Å²) < 4.78 is 5.29. The lowest BCUT2D eigenvalue weighted by Gasteiger charge is -2.24. The molecule has 1 atom stereocenters. The van der Waals surface area contributed by atoms with Crippen molar-refractivity contribution in [1.82, 2.24) is 9.97 Å². The molecule has 1 N–H and O–H groups in total. The van der Waals surface area contributed by atoms with Crippen LogP contribution in [0.15, 0.2) is 6.20 Å². The second kappa shape index (κ2) is 4.76. The predicted molar refractivity (Wildman–Crippen MR) is 58.7 cm³/mol. The van der Waals surface area contributed by atoms with Gasteiger partial charge in [0.1, 0.15) is 5.60 Å². The molecule has 1 aromatic rings. The molecule has 0 saturated carbocycles. The molecule has 0 radical (unpaired) electrons. The molecule has 6 heteroatoms. The highest BCUT2D eigenvalue weighted by Crippen LogP contribution is 2.26. The Kier molecular flexibility index (Phi) is 3.83. The van der Waals surface area contributed by atoms with E-state index in [1.165, 1.54) is 13.3 Å². The highest BCUT2D eigenvalue weighted by atomic mass is 35.5. The summed E-state index contributed by atoms with van der Waals surface area (Å²) in [5, 5.41) is 8.90. The second-order valence-electron chi connectivity index (χ2n) is 3.48. The van der Waals surface area contributed by atoms with E-state index in [4.69, 9.17) is 21.4 Å². The quantitative estimate of drug-likeness (QED) is 0.878. The number of carbonyl (C=O) groups is 1. The number of carboxylic acid groups (broad SMARTS) is 1. The number of hydrogen-bond donors (Lipinski definition) is 1. The summed E-state index contributed by atoms with van der Waals surface area (Å²) in [6.45, 7) is 3.70. The van der Waals surface area contributed by atoms with Gasteiger partial charge in [0, 0.05) is 7.11 Å². The highest BCUT2D eigenvalue weighted by molar-refractivity contribution is 6.33. The molecule has 16 heavy (non-hydrogen) atoms. The Hall–Kier alpha value is -1.20. The van der Waals surface area contributed by atoms with Crippen LogP contribution < -0.4 is 0 Å². The lowest BCUT2D eigenvalue weighted by molar-refractivity contribution is -0.00918. The molecular weight excluding hydrogens is 232 g/mol. The Morgan fingerprint density at radius 2 is 2.31 bits per heavy atom. The third-order valence-electron chi connectivity index (χ3n) is 2.54. The second-order valence-corrected chi connectivity index (χ2v) is 3.89. The molecule has 1 heterocycles. The number of methoxy groups -OCH3 is 1. The third kappa shape index (κ3) is 2.31. The van der Waals surface area contributed by atoms with Crippen LogP contribution in [0.4, 0.5) is 0 Å². The first kappa shape index (κ1) is 12.9.